The molecule has 4 nitrogen and oxygen atoms in total. The summed E-state index contributed by atoms with van der Waals surface area (Å²) >= 11 is 0. The van der Waals surface area contributed by atoms with Crippen LogP contribution in [-0.4, -0.2) is 47.9 Å². The van der Waals surface area contributed by atoms with Crippen molar-refractivity contribution in [3.8, 4) is 0 Å². The maximum absolute atomic E-state index is 12.2. The quantitative estimate of drug-likeness (QED) is 0.794. The van der Waals surface area contributed by atoms with Crippen LogP contribution in [0.5, 0.6) is 0 Å². The van der Waals surface area contributed by atoms with E-state index < -0.39 is 0 Å². The fourth-order valence-electron chi connectivity index (χ4n) is 2.92. The molecule has 0 spiro atoms. The highest BCUT2D eigenvalue weighted by atomic mass is 16.3. The van der Waals surface area contributed by atoms with Crippen molar-refractivity contribution in [1.29, 1.82) is 0 Å². The minimum absolute atomic E-state index is 0.0943. The van der Waals surface area contributed by atoms with E-state index in [2.05, 4.69) is 4.90 Å². The Bertz CT molecular complexity index is 463. The minimum atomic E-state index is 0.0943. The highest BCUT2D eigenvalue weighted by Gasteiger charge is 2.27. The van der Waals surface area contributed by atoms with Gasteiger partial charge in [0.25, 0.3) is 0 Å². The molecular weight excluding hydrogens is 252 g/mol. The standard InChI is InChI=1S/C16H22N2O2/c19-16(8-7-15-6-2-13-20-15)18-10-3-9-17(11-12-18)14-4-1-5-14/h2,6-8,13-14H,1,3-5,9-12H2/b8-7+. The zero-order valence-electron chi connectivity index (χ0n) is 11.8. The van der Waals surface area contributed by atoms with Crippen molar-refractivity contribution in [2.75, 3.05) is 26.2 Å². The van der Waals surface area contributed by atoms with Crippen molar-refractivity contribution >= 4 is 12.0 Å². The van der Waals surface area contributed by atoms with E-state index in [9.17, 15) is 4.79 Å². The minimum Gasteiger partial charge on any atom is -0.465 e. The summed E-state index contributed by atoms with van der Waals surface area (Å²) in [4.78, 5) is 16.7. The van der Waals surface area contributed by atoms with Gasteiger partial charge in [0.2, 0.25) is 5.91 Å². The average Bonchev–Trinajstić information content (AvgIpc) is 2.80. The molecule has 1 aromatic heterocycles. The molecule has 2 fully saturated rings. The predicted octanol–water partition coefficient (Wildman–Crippen LogP) is 2.38. The number of hydrogen-bond donors (Lipinski definition) is 0. The van der Waals surface area contributed by atoms with Crippen LogP contribution in [0.15, 0.2) is 28.9 Å². The van der Waals surface area contributed by atoms with E-state index in [0.29, 0.717) is 0 Å². The first-order valence-corrected chi connectivity index (χ1v) is 7.57. The molecule has 2 aliphatic rings. The van der Waals surface area contributed by atoms with Gasteiger partial charge in [-0.15, -0.1) is 0 Å². The predicted molar refractivity (Wildman–Crippen MR) is 78.2 cm³/mol. The fraction of sp³-hybridized carbons (Fsp3) is 0.562. The first-order chi connectivity index (χ1) is 9.83. The van der Waals surface area contributed by atoms with Gasteiger partial charge in [-0.05, 0) is 37.5 Å². The summed E-state index contributed by atoms with van der Waals surface area (Å²) in [5, 5.41) is 0. The number of hydrogen-bond acceptors (Lipinski definition) is 3. The first-order valence-electron chi connectivity index (χ1n) is 7.57. The lowest BCUT2D eigenvalue weighted by molar-refractivity contribution is -0.125. The number of rotatable bonds is 3. The van der Waals surface area contributed by atoms with Crippen molar-refractivity contribution in [3.05, 3.63) is 30.2 Å². The summed E-state index contributed by atoms with van der Waals surface area (Å²) in [5.41, 5.74) is 0. The van der Waals surface area contributed by atoms with Gasteiger partial charge in [0.15, 0.2) is 0 Å². The van der Waals surface area contributed by atoms with Crippen LogP contribution in [0.4, 0.5) is 0 Å². The molecule has 1 aliphatic carbocycles. The fourth-order valence-corrected chi connectivity index (χ4v) is 2.92. The Morgan fingerprint density at radius 2 is 2.10 bits per heavy atom. The summed E-state index contributed by atoms with van der Waals surface area (Å²) in [6, 6.07) is 4.46. The number of carbonyl (C=O) groups is 1. The number of amides is 1. The third-order valence-corrected chi connectivity index (χ3v) is 4.37. The number of furan rings is 1. The summed E-state index contributed by atoms with van der Waals surface area (Å²) < 4.78 is 5.20. The normalized spacial score (nSPS) is 21.9. The highest BCUT2D eigenvalue weighted by Crippen LogP contribution is 2.25. The van der Waals surface area contributed by atoms with Gasteiger partial charge in [-0.25, -0.2) is 0 Å². The van der Waals surface area contributed by atoms with Crippen LogP contribution in [0.2, 0.25) is 0 Å². The molecule has 4 heteroatoms. The topological polar surface area (TPSA) is 36.7 Å². The van der Waals surface area contributed by atoms with Gasteiger partial charge in [0.1, 0.15) is 5.76 Å². The maximum atomic E-state index is 12.2. The summed E-state index contributed by atoms with van der Waals surface area (Å²) in [5.74, 6) is 0.820. The average molecular weight is 274 g/mol. The lowest BCUT2D eigenvalue weighted by atomic mass is 9.91. The highest BCUT2D eigenvalue weighted by molar-refractivity contribution is 5.91. The molecule has 1 amide bonds. The Morgan fingerprint density at radius 3 is 2.80 bits per heavy atom. The maximum Gasteiger partial charge on any atom is 0.246 e. The van der Waals surface area contributed by atoms with Crippen molar-refractivity contribution in [2.24, 2.45) is 0 Å². The van der Waals surface area contributed by atoms with Crippen molar-refractivity contribution in [3.63, 3.8) is 0 Å². The Hall–Kier alpha value is -1.55. The second-order valence-corrected chi connectivity index (χ2v) is 5.65. The van der Waals surface area contributed by atoms with Gasteiger partial charge in [0, 0.05) is 38.3 Å². The van der Waals surface area contributed by atoms with Crippen LogP contribution in [0.25, 0.3) is 6.08 Å². The number of nitrogens with zero attached hydrogens (tertiary/aromatic N) is 2. The molecule has 0 unspecified atom stereocenters. The molecule has 0 bridgehead atoms. The molecule has 108 valence electrons. The SMILES string of the molecule is O=C(/C=C/c1ccco1)N1CCCN(C2CCC2)CC1. The molecule has 2 heterocycles. The van der Waals surface area contributed by atoms with E-state index in [1.807, 2.05) is 17.0 Å². The van der Waals surface area contributed by atoms with Crippen LogP contribution in [0.1, 0.15) is 31.4 Å². The van der Waals surface area contributed by atoms with Crippen molar-refractivity contribution < 1.29 is 9.21 Å². The molecule has 1 aromatic rings. The van der Waals surface area contributed by atoms with Crippen LogP contribution < -0.4 is 0 Å². The lowest BCUT2D eigenvalue weighted by Gasteiger charge is -2.36. The number of carbonyl (C=O) groups excluding carboxylic acids is 1. The molecule has 0 aromatic carbocycles. The molecule has 1 saturated heterocycles. The second-order valence-electron chi connectivity index (χ2n) is 5.65. The van der Waals surface area contributed by atoms with Gasteiger partial charge in [0.05, 0.1) is 6.26 Å². The van der Waals surface area contributed by atoms with E-state index in [4.69, 9.17) is 4.42 Å². The molecule has 1 aliphatic heterocycles. The lowest BCUT2D eigenvalue weighted by Crippen LogP contribution is -2.42. The van der Waals surface area contributed by atoms with Gasteiger partial charge in [-0.1, -0.05) is 6.42 Å². The van der Waals surface area contributed by atoms with Crippen LogP contribution >= 0.6 is 0 Å². The zero-order chi connectivity index (χ0) is 13.8. The molecule has 0 atom stereocenters. The Kier molecular flexibility index (Phi) is 4.21. The van der Waals surface area contributed by atoms with Gasteiger partial charge < -0.3 is 9.32 Å². The van der Waals surface area contributed by atoms with Gasteiger partial charge >= 0.3 is 0 Å². The van der Waals surface area contributed by atoms with E-state index in [1.54, 1.807) is 18.4 Å². The molecule has 1 saturated carbocycles. The smallest absolute Gasteiger partial charge is 0.246 e. The summed E-state index contributed by atoms with van der Waals surface area (Å²) in [7, 11) is 0. The Labute approximate surface area is 120 Å². The zero-order valence-corrected chi connectivity index (χ0v) is 11.8. The molecule has 0 radical (unpaired) electrons. The Morgan fingerprint density at radius 1 is 1.20 bits per heavy atom. The first kappa shape index (κ1) is 13.4. The molecular formula is C16H22N2O2. The molecule has 0 N–H and O–H groups in total. The van der Waals surface area contributed by atoms with Gasteiger partial charge in [-0.3, -0.25) is 9.69 Å². The van der Waals surface area contributed by atoms with E-state index in [1.165, 1.54) is 19.3 Å². The van der Waals surface area contributed by atoms with E-state index in [-0.39, 0.29) is 5.91 Å². The van der Waals surface area contributed by atoms with E-state index >= 15 is 0 Å². The second kappa shape index (κ2) is 6.27. The largest absolute Gasteiger partial charge is 0.465 e. The van der Waals surface area contributed by atoms with Crippen LogP contribution in [0.3, 0.4) is 0 Å². The Balaban J connectivity index is 1.53. The van der Waals surface area contributed by atoms with Crippen LogP contribution in [0, 0.1) is 0 Å². The van der Waals surface area contributed by atoms with Crippen molar-refractivity contribution in [2.45, 2.75) is 31.7 Å². The third-order valence-electron chi connectivity index (χ3n) is 4.37. The summed E-state index contributed by atoms with van der Waals surface area (Å²) in [6.45, 7) is 3.86. The third kappa shape index (κ3) is 3.12. The van der Waals surface area contributed by atoms with Crippen molar-refractivity contribution in [1.82, 2.24) is 9.80 Å². The monoisotopic (exact) mass is 274 g/mol. The molecule has 20 heavy (non-hydrogen) atoms. The van der Waals surface area contributed by atoms with E-state index in [0.717, 1.165) is 44.4 Å². The van der Waals surface area contributed by atoms with Crippen LogP contribution in [-0.2, 0) is 4.79 Å². The summed E-state index contributed by atoms with van der Waals surface area (Å²) in [6.07, 6.45) is 10.1. The molecule has 3 rings (SSSR count). The van der Waals surface area contributed by atoms with Gasteiger partial charge in [-0.2, -0.15) is 0 Å².